The highest BCUT2D eigenvalue weighted by molar-refractivity contribution is 7.62. The third kappa shape index (κ3) is 6.69. The number of imide groups is 1. The number of rotatable bonds is 2. The second-order valence-corrected chi connectivity index (χ2v) is 2.24. The molecule has 0 aliphatic rings. The fourth-order valence-corrected chi connectivity index (χ4v) is 0.530. The fraction of sp³-hybridized carbons (Fsp3) is 0.200. The summed E-state index contributed by atoms with van der Waals surface area (Å²) in [4.78, 5) is 21.0. The van der Waals surface area contributed by atoms with Gasteiger partial charge in [-0.1, -0.05) is 17.0 Å². The number of hydrogen-bond acceptors (Lipinski definition) is 5. The van der Waals surface area contributed by atoms with E-state index in [1.54, 1.807) is 0 Å². The predicted octanol–water partition coefficient (Wildman–Crippen LogP) is 0.0813. The first kappa shape index (κ1) is 11.3. The molecule has 13 heavy (non-hydrogen) atoms. The van der Waals surface area contributed by atoms with E-state index in [0.717, 1.165) is 0 Å². The van der Waals surface area contributed by atoms with Crippen molar-refractivity contribution in [3.8, 4) is 0 Å². The van der Waals surface area contributed by atoms with Gasteiger partial charge in [0.1, 0.15) is 6.61 Å². The van der Waals surface area contributed by atoms with Crippen LogP contribution in [-0.2, 0) is 15.2 Å². The number of hydrogen-bond donors (Lipinski definition) is 1. The van der Waals surface area contributed by atoms with E-state index in [0.29, 0.717) is 0 Å². The average molecular weight is 206 g/mol. The largest absolute Gasteiger partial charge is 0.445 e. The van der Waals surface area contributed by atoms with Gasteiger partial charge in [0.25, 0.3) is 0 Å². The van der Waals surface area contributed by atoms with Crippen LogP contribution < -0.4 is 5.32 Å². The molecule has 0 atom stereocenters. The van der Waals surface area contributed by atoms with Crippen molar-refractivity contribution in [2.24, 2.45) is 4.36 Å². The molecule has 0 aliphatic heterocycles. The van der Waals surface area contributed by atoms with E-state index >= 15 is 0 Å². The normalized spacial score (nSPS) is 8.31. The van der Waals surface area contributed by atoms with Gasteiger partial charge in [-0.05, 0) is 0 Å². The first-order valence-electron chi connectivity index (χ1n) is 2.96. The molecule has 0 unspecified atom stereocenters. The second kappa shape index (κ2) is 5.89. The van der Waals surface area contributed by atoms with Crippen LogP contribution in [-0.4, -0.2) is 27.1 Å². The first-order chi connectivity index (χ1) is 6.06. The third-order valence-corrected chi connectivity index (χ3v) is 1.01. The number of ether oxygens (including phenoxy) is 1. The van der Waals surface area contributed by atoms with Crippen molar-refractivity contribution in [3.63, 3.8) is 0 Å². The molecule has 0 aromatic rings. The minimum absolute atomic E-state index is 0.0838. The molecule has 0 spiro atoms. The highest BCUT2D eigenvalue weighted by Crippen LogP contribution is 1.80. The van der Waals surface area contributed by atoms with E-state index in [1.807, 2.05) is 0 Å². The Balaban J connectivity index is 4.00. The Bertz CT molecular complexity index is 336. The zero-order valence-corrected chi connectivity index (χ0v) is 7.20. The maximum atomic E-state index is 10.5. The van der Waals surface area contributed by atoms with Crippen molar-refractivity contribution in [3.05, 3.63) is 12.7 Å². The van der Waals surface area contributed by atoms with Crippen LogP contribution in [0.3, 0.4) is 0 Å². The van der Waals surface area contributed by atoms with E-state index in [4.69, 9.17) is 0 Å². The van der Waals surface area contributed by atoms with E-state index in [9.17, 15) is 18.0 Å². The molecule has 0 heterocycles. The van der Waals surface area contributed by atoms with Gasteiger partial charge < -0.3 is 4.74 Å². The summed E-state index contributed by atoms with van der Waals surface area (Å²) >= 11 is 0. The number of nitrogens with one attached hydrogen (secondary N) is 1. The van der Waals surface area contributed by atoms with Gasteiger partial charge in [0.05, 0.1) is 0 Å². The minimum atomic E-state index is -2.88. The van der Waals surface area contributed by atoms with Gasteiger partial charge in [0.15, 0.2) is 0 Å². The van der Waals surface area contributed by atoms with Crippen LogP contribution >= 0.6 is 0 Å². The SMILES string of the molecule is C=CCOC(=O)NC(=O)N=S(=O)=O. The lowest BCUT2D eigenvalue weighted by molar-refractivity contribution is 0.159. The summed E-state index contributed by atoms with van der Waals surface area (Å²) in [5.41, 5.74) is 0. The molecule has 0 aromatic heterocycles. The van der Waals surface area contributed by atoms with E-state index in [-0.39, 0.29) is 6.61 Å². The molecule has 72 valence electrons. The molecule has 0 saturated carbocycles. The van der Waals surface area contributed by atoms with Gasteiger partial charge >= 0.3 is 22.6 Å². The monoisotopic (exact) mass is 206 g/mol. The molecule has 0 saturated heterocycles. The average Bonchev–Trinajstić information content (AvgIpc) is 1.98. The maximum Gasteiger partial charge on any atom is 0.415 e. The second-order valence-electron chi connectivity index (χ2n) is 1.63. The predicted molar refractivity (Wildman–Crippen MR) is 41.4 cm³/mol. The highest BCUT2D eigenvalue weighted by atomic mass is 32.2. The number of nitrogens with zero attached hydrogens (tertiary/aromatic N) is 1. The number of carbonyl (C=O) groups is 2. The highest BCUT2D eigenvalue weighted by Gasteiger charge is 2.06. The lowest BCUT2D eigenvalue weighted by atomic mass is 10.7. The van der Waals surface area contributed by atoms with Gasteiger partial charge in [-0.2, -0.15) is 8.42 Å². The molecule has 0 bridgehead atoms. The quantitative estimate of drug-likeness (QED) is 0.644. The number of amides is 3. The van der Waals surface area contributed by atoms with Crippen molar-refractivity contribution in [1.82, 2.24) is 5.32 Å². The zero-order valence-electron chi connectivity index (χ0n) is 6.39. The lowest BCUT2D eigenvalue weighted by Crippen LogP contribution is -2.28. The van der Waals surface area contributed by atoms with Crippen molar-refractivity contribution in [2.75, 3.05) is 6.61 Å². The molecular formula is C5H6N2O5S. The number of alkyl carbamates (subject to hydrolysis) is 1. The van der Waals surface area contributed by atoms with Crippen molar-refractivity contribution in [1.29, 1.82) is 0 Å². The Kier molecular flexibility index (Phi) is 5.12. The summed E-state index contributed by atoms with van der Waals surface area (Å²) in [6.07, 6.45) is 0.201. The summed E-state index contributed by atoms with van der Waals surface area (Å²) in [7, 11) is -2.88. The molecule has 3 amide bonds. The summed E-state index contributed by atoms with van der Waals surface area (Å²) < 4.78 is 26.4. The van der Waals surface area contributed by atoms with Crippen LogP contribution in [0.5, 0.6) is 0 Å². The Labute approximate surface area is 75.1 Å². The Hall–Kier alpha value is -1.70. The summed E-state index contributed by atoms with van der Waals surface area (Å²) in [5, 5.41) is 1.54. The molecule has 7 nitrogen and oxygen atoms in total. The molecule has 0 aliphatic carbocycles. The maximum absolute atomic E-state index is 10.5. The van der Waals surface area contributed by atoms with Crippen LogP contribution in [0.2, 0.25) is 0 Å². The van der Waals surface area contributed by atoms with Crippen LogP contribution in [0.15, 0.2) is 17.0 Å². The van der Waals surface area contributed by atoms with Crippen LogP contribution in [0.1, 0.15) is 0 Å². The molecule has 0 rings (SSSR count). The van der Waals surface area contributed by atoms with Gasteiger partial charge in [-0.15, -0.1) is 0 Å². The third-order valence-electron chi connectivity index (χ3n) is 0.699. The van der Waals surface area contributed by atoms with E-state index in [2.05, 4.69) is 15.7 Å². The van der Waals surface area contributed by atoms with Crippen LogP contribution in [0.25, 0.3) is 0 Å². The minimum Gasteiger partial charge on any atom is -0.445 e. The lowest BCUT2D eigenvalue weighted by Gasteiger charge is -1.98. The topological polar surface area (TPSA) is 102 Å². The van der Waals surface area contributed by atoms with Crippen molar-refractivity contribution >= 4 is 22.6 Å². The summed E-state index contributed by atoms with van der Waals surface area (Å²) in [6.45, 7) is 3.16. The standard InChI is InChI=1S/C5H6N2O5S/c1-2-3-12-5(9)6-4(8)7-13(10)11/h2H,1,3H2,(H,6,8,9). The smallest absolute Gasteiger partial charge is 0.415 e. The van der Waals surface area contributed by atoms with E-state index < -0.39 is 22.6 Å². The van der Waals surface area contributed by atoms with Gasteiger partial charge in [0.2, 0.25) is 0 Å². The number of urea groups is 1. The summed E-state index contributed by atoms with van der Waals surface area (Å²) in [5.74, 6) is 0. The van der Waals surface area contributed by atoms with E-state index in [1.165, 1.54) is 11.4 Å². The first-order valence-corrected chi connectivity index (χ1v) is 3.99. The van der Waals surface area contributed by atoms with Crippen LogP contribution in [0.4, 0.5) is 9.59 Å². The Morgan fingerprint density at radius 1 is 1.54 bits per heavy atom. The van der Waals surface area contributed by atoms with Gasteiger partial charge in [-0.3, -0.25) is 0 Å². The fourth-order valence-electron chi connectivity index (χ4n) is 0.349. The molecular weight excluding hydrogens is 200 g/mol. The Morgan fingerprint density at radius 3 is 2.62 bits per heavy atom. The Morgan fingerprint density at radius 2 is 2.15 bits per heavy atom. The molecule has 0 aromatic carbocycles. The molecule has 0 fully saturated rings. The zero-order chi connectivity index (χ0) is 10.3. The summed E-state index contributed by atoms with van der Waals surface area (Å²) in [6, 6.07) is -1.30. The van der Waals surface area contributed by atoms with Crippen LogP contribution in [0, 0.1) is 0 Å². The van der Waals surface area contributed by atoms with Gasteiger partial charge in [0, 0.05) is 0 Å². The molecule has 8 heteroatoms. The number of carbonyl (C=O) groups excluding carboxylic acids is 2. The molecule has 1 N–H and O–H groups in total. The van der Waals surface area contributed by atoms with Crippen molar-refractivity contribution < 1.29 is 22.7 Å². The van der Waals surface area contributed by atoms with Crippen molar-refractivity contribution in [2.45, 2.75) is 0 Å². The van der Waals surface area contributed by atoms with Gasteiger partial charge in [-0.25, -0.2) is 14.9 Å². The molecule has 0 radical (unpaired) electrons.